The third-order valence-corrected chi connectivity index (χ3v) is 6.30. The molecule has 1 saturated heterocycles. The fourth-order valence-corrected chi connectivity index (χ4v) is 4.37. The summed E-state index contributed by atoms with van der Waals surface area (Å²) in [5, 5.41) is 7.17. The first-order valence-corrected chi connectivity index (χ1v) is 12.2. The summed E-state index contributed by atoms with van der Waals surface area (Å²) in [6.07, 6.45) is 0.123. The fraction of sp³-hybridized carbons (Fsp3) is 0.450. The second kappa shape index (κ2) is 11.4. The van der Waals surface area contributed by atoms with E-state index in [9.17, 15) is 24.0 Å². The van der Waals surface area contributed by atoms with Gasteiger partial charge in [-0.05, 0) is 26.8 Å². The van der Waals surface area contributed by atoms with Gasteiger partial charge in [-0.2, -0.15) is 4.79 Å². The Kier molecular flexibility index (Phi) is 8.52. The largest absolute Gasteiger partial charge is 0.556 e. The Hall–Kier alpha value is -3.66. The van der Waals surface area contributed by atoms with Gasteiger partial charge in [0.05, 0.1) is 18.0 Å². The zero-order valence-corrected chi connectivity index (χ0v) is 21.2. The zero-order valence-electron chi connectivity index (χ0n) is 19.5. The van der Waals surface area contributed by atoms with E-state index < -0.39 is 53.3 Å². The molecule has 194 valence electrons. The van der Waals surface area contributed by atoms with E-state index in [0.29, 0.717) is 5.75 Å². The van der Waals surface area contributed by atoms with Crippen molar-refractivity contribution < 1.29 is 48.1 Å². The molecule has 1 unspecified atom stereocenters. The molecule has 0 aliphatic carbocycles. The van der Waals surface area contributed by atoms with Crippen LogP contribution in [0.5, 0.6) is 0 Å². The van der Waals surface area contributed by atoms with Crippen molar-refractivity contribution in [2.45, 2.75) is 32.2 Å². The number of methoxy groups -OCH3 is 1. The third kappa shape index (κ3) is 6.31. The standard InChI is InChI=1S/C20H22N4O10S2/c1-20(2,3)18(28)33-34-19(29)32-11-5-6-36-17-14(16(27)24(11)17)22-15(26)13(10-8-35-9-21-10)23-31-7-12(25)30-4/h5,8-9,14,17H,6-7H2,1-4H3,(H,22,26)/t14?,17-/m0/s1. The van der Waals surface area contributed by atoms with Crippen molar-refractivity contribution in [1.82, 2.24) is 15.2 Å². The van der Waals surface area contributed by atoms with Crippen LogP contribution in [0.2, 0.25) is 0 Å². The molecule has 2 aliphatic rings. The highest BCUT2D eigenvalue weighted by molar-refractivity contribution is 8.00. The molecular formula is C20H22N4O10S2. The Morgan fingerprint density at radius 1 is 1.25 bits per heavy atom. The number of thioether (sulfide) groups is 1. The van der Waals surface area contributed by atoms with E-state index in [1.165, 1.54) is 47.2 Å². The minimum atomic E-state index is -1.34. The topological polar surface area (TPSA) is 172 Å². The Labute approximate surface area is 212 Å². The Morgan fingerprint density at radius 3 is 2.64 bits per heavy atom. The number of carbonyl (C=O) groups is 5. The number of nitrogens with one attached hydrogen (secondary N) is 1. The number of hydrogen-bond acceptors (Lipinski definition) is 14. The van der Waals surface area contributed by atoms with Gasteiger partial charge in [0, 0.05) is 11.1 Å². The molecule has 1 fully saturated rings. The van der Waals surface area contributed by atoms with Crippen molar-refractivity contribution in [2.75, 3.05) is 19.5 Å². The number of carbonyl (C=O) groups excluding carboxylic acids is 5. The minimum Gasteiger partial charge on any atom is -0.466 e. The van der Waals surface area contributed by atoms with Gasteiger partial charge in [-0.1, -0.05) is 5.16 Å². The molecule has 0 saturated carbocycles. The lowest BCUT2D eigenvalue weighted by molar-refractivity contribution is -0.250. The van der Waals surface area contributed by atoms with Gasteiger partial charge < -0.3 is 19.6 Å². The highest BCUT2D eigenvalue weighted by Crippen LogP contribution is 2.38. The number of fused-ring (bicyclic) bond motifs is 1. The lowest BCUT2D eigenvalue weighted by Gasteiger charge is -2.47. The first kappa shape index (κ1) is 26.9. The Morgan fingerprint density at radius 2 is 2.00 bits per heavy atom. The molecule has 14 nitrogen and oxygen atoms in total. The van der Waals surface area contributed by atoms with Gasteiger partial charge in [0.15, 0.2) is 5.71 Å². The van der Waals surface area contributed by atoms with Gasteiger partial charge in [-0.15, -0.1) is 23.1 Å². The van der Waals surface area contributed by atoms with E-state index in [-0.39, 0.29) is 17.3 Å². The van der Waals surface area contributed by atoms with Crippen LogP contribution < -0.4 is 5.32 Å². The molecule has 1 aromatic rings. The summed E-state index contributed by atoms with van der Waals surface area (Å²) < 4.78 is 9.46. The molecular weight excluding hydrogens is 520 g/mol. The molecule has 1 N–H and O–H groups in total. The number of rotatable bonds is 7. The molecule has 3 rings (SSSR count). The minimum absolute atomic E-state index is 0.124. The van der Waals surface area contributed by atoms with Gasteiger partial charge >= 0.3 is 18.1 Å². The zero-order chi connectivity index (χ0) is 26.5. The van der Waals surface area contributed by atoms with Crippen LogP contribution in [0.15, 0.2) is 28.0 Å². The van der Waals surface area contributed by atoms with Gasteiger partial charge in [0.2, 0.25) is 12.5 Å². The van der Waals surface area contributed by atoms with Crippen molar-refractivity contribution in [1.29, 1.82) is 0 Å². The van der Waals surface area contributed by atoms with E-state index >= 15 is 0 Å². The molecule has 2 atom stereocenters. The molecule has 16 heteroatoms. The van der Waals surface area contributed by atoms with Crippen molar-refractivity contribution in [3.63, 3.8) is 0 Å². The third-order valence-electron chi connectivity index (χ3n) is 4.53. The normalized spacial score (nSPS) is 19.2. The van der Waals surface area contributed by atoms with Crippen molar-refractivity contribution in [3.8, 4) is 0 Å². The second-order valence-corrected chi connectivity index (χ2v) is 10.0. The Balaban J connectivity index is 1.61. The highest BCUT2D eigenvalue weighted by Gasteiger charge is 2.53. The number of thiazole rings is 1. The fourth-order valence-electron chi connectivity index (χ4n) is 2.66. The number of hydrogen-bond donors (Lipinski definition) is 1. The summed E-state index contributed by atoms with van der Waals surface area (Å²) in [7, 11) is 1.17. The number of aromatic nitrogens is 1. The van der Waals surface area contributed by atoms with Gasteiger partial charge in [0.25, 0.3) is 11.8 Å². The van der Waals surface area contributed by atoms with Crippen molar-refractivity contribution in [2.24, 2.45) is 10.6 Å². The lowest BCUT2D eigenvalue weighted by atomic mass is 9.98. The molecule has 0 bridgehead atoms. The molecule has 0 aromatic carbocycles. The van der Waals surface area contributed by atoms with E-state index in [1.807, 2.05) is 0 Å². The van der Waals surface area contributed by atoms with E-state index in [1.54, 1.807) is 20.8 Å². The number of ether oxygens (including phenoxy) is 2. The van der Waals surface area contributed by atoms with Crippen molar-refractivity contribution in [3.05, 3.63) is 28.5 Å². The van der Waals surface area contributed by atoms with Gasteiger partial charge in [0.1, 0.15) is 17.1 Å². The monoisotopic (exact) mass is 542 g/mol. The molecule has 0 radical (unpaired) electrons. The summed E-state index contributed by atoms with van der Waals surface area (Å²) in [6.45, 7) is 4.17. The first-order valence-electron chi connectivity index (χ1n) is 10.2. The second-order valence-electron chi connectivity index (χ2n) is 8.14. The number of amides is 2. The lowest BCUT2D eigenvalue weighted by Crippen LogP contribution is -2.70. The predicted octanol–water partition coefficient (Wildman–Crippen LogP) is 0.936. The van der Waals surface area contributed by atoms with Crippen LogP contribution in [0.25, 0.3) is 0 Å². The summed E-state index contributed by atoms with van der Waals surface area (Å²) in [6, 6.07) is -0.978. The van der Waals surface area contributed by atoms with Crippen molar-refractivity contribution >= 4 is 58.7 Å². The summed E-state index contributed by atoms with van der Waals surface area (Å²) >= 11 is 2.51. The van der Waals surface area contributed by atoms with Crippen LogP contribution in [-0.4, -0.2) is 76.4 Å². The number of nitrogens with zero attached hydrogens (tertiary/aromatic N) is 3. The quantitative estimate of drug-likeness (QED) is 0.170. The summed E-state index contributed by atoms with van der Waals surface area (Å²) in [5.74, 6) is -2.61. The SMILES string of the molecule is COC(=O)CON=C(C(=O)NC1C(=O)N2C(OC(=O)OOC(=O)C(C)(C)C)=CCS[C@@H]12)c1cscn1. The van der Waals surface area contributed by atoms with Gasteiger partial charge in [-0.3, -0.25) is 14.5 Å². The van der Waals surface area contributed by atoms with E-state index in [4.69, 9.17) is 9.57 Å². The van der Waals surface area contributed by atoms with Crippen LogP contribution in [0.1, 0.15) is 26.5 Å². The highest BCUT2D eigenvalue weighted by atomic mass is 32.2. The molecule has 36 heavy (non-hydrogen) atoms. The molecule has 2 aliphatic heterocycles. The molecule has 2 amide bonds. The smallest absolute Gasteiger partial charge is 0.466 e. The maximum atomic E-state index is 12.9. The van der Waals surface area contributed by atoms with Crippen LogP contribution >= 0.6 is 23.1 Å². The van der Waals surface area contributed by atoms with Crippen LogP contribution in [0.3, 0.4) is 0 Å². The van der Waals surface area contributed by atoms with Gasteiger partial charge in [-0.25, -0.2) is 24.3 Å². The maximum Gasteiger partial charge on any atom is 0.556 e. The number of esters is 1. The number of oxime groups is 1. The average molecular weight is 543 g/mol. The van der Waals surface area contributed by atoms with Crippen LogP contribution in [0.4, 0.5) is 4.79 Å². The maximum absolute atomic E-state index is 12.9. The van der Waals surface area contributed by atoms with Crippen LogP contribution in [0, 0.1) is 5.41 Å². The number of β-lactam (4-membered cyclic amide) rings is 1. The first-order chi connectivity index (χ1) is 17.0. The molecule has 3 heterocycles. The predicted molar refractivity (Wildman–Crippen MR) is 123 cm³/mol. The van der Waals surface area contributed by atoms with E-state index in [2.05, 4.69) is 30.0 Å². The van der Waals surface area contributed by atoms with Crippen LogP contribution in [-0.2, 0) is 43.3 Å². The summed E-state index contributed by atoms with van der Waals surface area (Å²) in [4.78, 5) is 79.4. The Bertz CT molecular complexity index is 1100. The van der Waals surface area contributed by atoms with E-state index in [0.717, 1.165) is 4.90 Å². The summed E-state index contributed by atoms with van der Waals surface area (Å²) in [5.41, 5.74) is 0.496. The molecule has 0 spiro atoms. The average Bonchev–Trinajstić information content (AvgIpc) is 3.36. The molecule has 1 aromatic heterocycles.